The van der Waals surface area contributed by atoms with E-state index in [1.54, 1.807) is 0 Å². The molecule has 4 heteroatoms. The molecule has 0 atom stereocenters. The normalized spacial score (nSPS) is 10.4. The van der Waals surface area contributed by atoms with Crippen LogP contribution in [-0.2, 0) is 17.0 Å². The van der Waals surface area contributed by atoms with Gasteiger partial charge in [0.1, 0.15) is 0 Å². The molecule has 35 heavy (non-hydrogen) atoms. The monoisotopic (exact) mass is 552 g/mol. The van der Waals surface area contributed by atoms with Crippen LogP contribution in [0.3, 0.4) is 0 Å². The van der Waals surface area contributed by atoms with Gasteiger partial charge in [-0.25, -0.2) is 0 Å². The Bertz CT molecular complexity index is 1180. The zero-order chi connectivity index (χ0) is 25.4. The van der Waals surface area contributed by atoms with E-state index in [-0.39, 0.29) is 0 Å². The summed E-state index contributed by atoms with van der Waals surface area (Å²) in [5.41, 5.74) is 7.34. The van der Waals surface area contributed by atoms with Crippen LogP contribution in [0.2, 0.25) is 0 Å². The molecule has 0 nitrogen and oxygen atoms in total. The van der Waals surface area contributed by atoms with Crippen molar-refractivity contribution in [3.05, 3.63) is 125 Å². The van der Waals surface area contributed by atoms with Crippen LogP contribution in [0.4, 0.5) is 0 Å². The van der Waals surface area contributed by atoms with Crippen LogP contribution in [0.25, 0.3) is 10.8 Å². The fourth-order valence-corrected chi connectivity index (χ4v) is 6.64. The van der Waals surface area contributed by atoms with Crippen LogP contribution in [0.1, 0.15) is 27.8 Å². The van der Waals surface area contributed by atoms with Gasteiger partial charge in [0.2, 0.25) is 0 Å². The molecule has 0 unspecified atom stereocenters. The van der Waals surface area contributed by atoms with E-state index in [0.717, 1.165) is 0 Å². The number of benzene rings is 3. The Kier molecular flexibility index (Phi) is 10.8. The summed E-state index contributed by atoms with van der Waals surface area (Å²) in [5.74, 6) is 0. The van der Waals surface area contributed by atoms with Gasteiger partial charge in [0.25, 0.3) is 0 Å². The predicted molar refractivity (Wildman–Crippen MR) is 156 cm³/mol. The molecule has 0 bridgehead atoms. The van der Waals surface area contributed by atoms with Gasteiger partial charge in [-0.2, -0.15) is 33.9 Å². The maximum atomic E-state index is 4.89. The van der Waals surface area contributed by atoms with Crippen LogP contribution in [-0.4, -0.2) is 0 Å². The van der Waals surface area contributed by atoms with Gasteiger partial charge >= 0.3 is 35.6 Å². The molecule has 0 saturated heterocycles. The van der Waals surface area contributed by atoms with Crippen LogP contribution >= 0.6 is 26.5 Å². The van der Waals surface area contributed by atoms with Crippen molar-refractivity contribution in [1.82, 2.24) is 0 Å². The van der Waals surface area contributed by atoms with Crippen molar-refractivity contribution in [1.29, 1.82) is 0 Å². The molecule has 0 amide bonds. The Morgan fingerprint density at radius 2 is 1.11 bits per heavy atom. The maximum Gasteiger partial charge on any atom is -0.0166 e. The molecular formula is C31H31Cl2PTi-2. The number of hydrogen-bond donors (Lipinski definition) is 0. The molecule has 5 aromatic rings. The van der Waals surface area contributed by atoms with Gasteiger partial charge in [-0.15, -0.1) is 40.3 Å². The molecule has 0 N–H and O–H groups in total. The summed E-state index contributed by atoms with van der Waals surface area (Å²) in [6.45, 7) is 11.0. The van der Waals surface area contributed by atoms with Crippen molar-refractivity contribution in [2.45, 2.75) is 34.6 Å². The van der Waals surface area contributed by atoms with Crippen LogP contribution in [0.5, 0.6) is 0 Å². The van der Waals surface area contributed by atoms with Crippen molar-refractivity contribution in [3.8, 4) is 0 Å². The summed E-state index contributed by atoms with van der Waals surface area (Å²) in [7, 11) is 9.28. The van der Waals surface area contributed by atoms with E-state index in [9.17, 15) is 0 Å². The molecule has 0 fully saturated rings. The average Bonchev–Trinajstić information content (AvgIpc) is 3.38. The number of hydrogen-bond acceptors (Lipinski definition) is 0. The molecule has 0 spiro atoms. The molecule has 5 rings (SSSR count). The van der Waals surface area contributed by atoms with E-state index in [0.29, 0.717) is 0 Å². The Balaban J connectivity index is 0.000000221. The summed E-state index contributed by atoms with van der Waals surface area (Å²) >= 11 is -0.556. The van der Waals surface area contributed by atoms with E-state index < -0.39 is 25.0 Å². The topological polar surface area (TPSA) is 0 Å². The molecule has 5 aromatic carbocycles. The Morgan fingerprint density at radius 3 is 1.51 bits per heavy atom. The van der Waals surface area contributed by atoms with Crippen LogP contribution in [0.15, 0.2) is 97.1 Å². The molecule has 0 aliphatic carbocycles. The van der Waals surface area contributed by atoms with Crippen LogP contribution in [0, 0.1) is 34.6 Å². The summed E-state index contributed by atoms with van der Waals surface area (Å²) < 4.78 is 0. The van der Waals surface area contributed by atoms with E-state index >= 15 is 0 Å². The van der Waals surface area contributed by atoms with Gasteiger partial charge in [-0.05, 0) is 18.5 Å². The van der Waals surface area contributed by atoms with Gasteiger partial charge in [0.15, 0.2) is 0 Å². The number of halogens is 2. The Labute approximate surface area is 228 Å². The van der Waals surface area contributed by atoms with E-state index in [2.05, 4.69) is 132 Å². The summed E-state index contributed by atoms with van der Waals surface area (Å²) in [5, 5.41) is 6.89. The SMILES string of the molecule is Cc1c(C)c(C)[c-](C)c1C.[Cl][Ti][Cl].c1ccc(P(c2ccccc2)c2cc3ccccc3[cH-]2)cc1. The standard InChI is InChI=1S/C21H16P.C10H15.2ClH.Ti/c1-3-11-19(12-4-1)22(20-13-5-2-6-14-20)21-15-17-9-7-8-10-18(17)16-21;1-6-7(2)9(4)10(5)8(6)3;;;/h1-16H;1-5H3;2*1H;/q2*-1;;;+2/p-2. The Hall–Kier alpha value is -1.66. The molecule has 0 heterocycles. The first-order valence-electron chi connectivity index (χ1n) is 11.6. The van der Waals surface area contributed by atoms with Crippen molar-refractivity contribution in [2.24, 2.45) is 0 Å². The van der Waals surface area contributed by atoms with E-state index in [1.807, 2.05) is 0 Å². The van der Waals surface area contributed by atoms with Gasteiger partial charge in [0, 0.05) is 0 Å². The third-order valence-corrected chi connectivity index (χ3v) is 9.11. The van der Waals surface area contributed by atoms with Crippen molar-refractivity contribution in [2.75, 3.05) is 0 Å². The zero-order valence-corrected chi connectivity index (χ0v) is 24.9. The second kappa shape index (κ2) is 13.6. The average molecular weight is 553 g/mol. The fraction of sp³-hybridized carbons (Fsp3) is 0.161. The van der Waals surface area contributed by atoms with Gasteiger partial charge in [0.05, 0.1) is 0 Å². The second-order valence-corrected chi connectivity index (χ2v) is 13.3. The molecule has 0 aliphatic rings. The second-order valence-electron chi connectivity index (χ2n) is 8.55. The third kappa shape index (κ3) is 6.97. The summed E-state index contributed by atoms with van der Waals surface area (Å²) in [4.78, 5) is 0. The van der Waals surface area contributed by atoms with Crippen molar-refractivity contribution < 1.29 is 17.0 Å². The zero-order valence-electron chi connectivity index (χ0n) is 20.9. The van der Waals surface area contributed by atoms with Gasteiger partial charge in [-0.1, -0.05) is 101 Å². The van der Waals surface area contributed by atoms with Crippen molar-refractivity contribution >= 4 is 53.2 Å². The van der Waals surface area contributed by atoms with Crippen LogP contribution < -0.4 is 15.9 Å². The first-order valence-corrected chi connectivity index (χ1v) is 17.2. The molecule has 180 valence electrons. The maximum absolute atomic E-state index is 4.89. The molecule has 0 radical (unpaired) electrons. The first kappa shape index (κ1) is 27.9. The Morgan fingerprint density at radius 1 is 0.686 bits per heavy atom. The smallest absolute Gasteiger partial charge is 0.0166 e. The number of fused-ring (bicyclic) bond motifs is 1. The predicted octanol–water partition coefficient (Wildman–Crippen LogP) is 8.64. The first-order chi connectivity index (χ1) is 16.9. The van der Waals surface area contributed by atoms with E-state index in [1.165, 1.54) is 54.5 Å². The summed E-state index contributed by atoms with van der Waals surface area (Å²) in [6.07, 6.45) is 0. The minimum atomic E-state index is -0.556. The largest absolute Gasteiger partial charge is 0.160 e. The third-order valence-electron chi connectivity index (χ3n) is 6.70. The molecule has 0 aliphatic heterocycles. The molecular weight excluding hydrogens is 522 g/mol. The molecule has 0 saturated carbocycles. The van der Waals surface area contributed by atoms with Crippen molar-refractivity contribution in [3.63, 3.8) is 0 Å². The summed E-state index contributed by atoms with van der Waals surface area (Å²) in [6, 6.07) is 35.0. The minimum Gasteiger partial charge on any atom is -0.160 e. The van der Waals surface area contributed by atoms with Gasteiger partial charge in [-0.3, -0.25) is 0 Å². The quantitative estimate of drug-likeness (QED) is 0.119. The molecule has 0 aromatic heterocycles. The van der Waals surface area contributed by atoms with Gasteiger partial charge < -0.3 is 0 Å². The minimum absolute atomic E-state index is 0.493. The number of rotatable bonds is 3. The van der Waals surface area contributed by atoms with E-state index in [4.69, 9.17) is 18.6 Å². The fourth-order valence-electron chi connectivity index (χ4n) is 4.27.